The maximum Gasteiger partial charge on any atom is 0.329 e. The zero-order valence-electron chi connectivity index (χ0n) is 20.8. The zero-order chi connectivity index (χ0) is 25.1. The van der Waals surface area contributed by atoms with Gasteiger partial charge in [-0.25, -0.2) is 4.79 Å². The third-order valence-corrected chi connectivity index (χ3v) is 5.49. The van der Waals surface area contributed by atoms with E-state index in [0.29, 0.717) is 25.0 Å². The van der Waals surface area contributed by atoms with Crippen LogP contribution in [-0.2, 0) is 30.3 Å². The SMILES string of the molecule is CC(C)CCOC(=O)[C@H](N)CCC(=O)N[C@H](Cc1cc2ccccc2[nH]1)C(=O)OCCC(C)C. The molecule has 2 atom stereocenters. The molecule has 1 aromatic carbocycles. The summed E-state index contributed by atoms with van der Waals surface area (Å²) in [6.07, 6.45) is 1.90. The minimum atomic E-state index is -0.886. The molecule has 0 aliphatic rings. The number of carbonyl (C=O) groups excluding carboxylic acids is 3. The smallest absolute Gasteiger partial charge is 0.329 e. The molecule has 34 heavy (non-hydrogen) atoms. The van der Waals surface area contributed by atoms with Crippen LogP contribution in [0.2, 0.25) is 0 Å². The van der Waals surface area contributed by atoms with Gasteiger partial charge in [0.1, 0.15) is 12.1 Å². The first-order valence-electron chi connectivity index (χ1n) is 12.1. The number of aromatic amines is 1. The minimum absolute atomic E-state index is 0.00290. The monoisotopic (exact) mass is 473 g/mol. The molecule has 1 amide bonds. The predicted octanol–water partition coefficient (Wildman–Crippen LogP) is 3.48. The number of hydrogen-bond acceptors (Lipinski definition) is 6. The molecule has 0 aliphatic heterocycles. The van der Waals surface area contributed by atoms with Gasteiger partial charge >= 0.3 is 11.9 Å². The highest BCUT2D eigenvalue weighted by molar-refractivity contribution is 5.86. The van der Waals surface area contributed by atoms with Crippen molar-refractivity contribution in [2.45, 2.75) is 71.9 Å². The Morgan fingerprint density at radius 2 is 1.56 bits per heavy atom. The van der Waals surface area contributed by atoms with Crippen LogP contribution in [-0.4, -0.2) is 48.1 Å². The number of nitrogens with one attached hydrogen (secondary N) is 2. The van der Waals surface area contributed by atoms with Gasteiger partial charge in [-0.3, -0.25) is 9.59 Å². The molecule has 0 bridgehead atoms. The predicted molar refractivity (Wildman–Crippen MR) is 132 cm³/mol. The van der Waals surface area contributed by atoms with E-state index in [1.165, 1.54) is 0 Å². The van der Waals surface area contributed by atoms with Crippen molar-refractivity contribution >= 4 is 28.7 Å². The van der Waals surface area contributed by atoms with E-state index < -0.39 is 24.0 Å². The summed E-state index contributed by atoms with van der Waals surface area (Å²) in [6.45, 7) is 8.79. The fourth-order valence-corrected chi connectivity index (χ4v) is 3.33. The summed E-state index contributed by atoms with van der Waals surface area (Å²) in [4.78, 5) is 40.6. The molecule has 0 unspecified atom stereocenters. The second-order valence-corrected chi connectivity index (χ2v) is 9.55. The lowest BCUT2D eigenvalue weighted by Crippen LogP contribution is -2.44. The topological polar surface area (TPSA) is 124 Å². The molecule has 0 aliphatic carbocycles. The van der Waals surface area contributed by atoms with Crippen LogP contribution in [0.1, 0.15) is 59.1 Å². The third kappa shape index (κ3) is 9.55. The normalized spacial score (nSPS) is 13.1. The van der Waals surface area contributed by atoms with Gasteiger partial charge in [-0.15, -0.1) is 0 Å². The molecular formula is C26H39N3O5. The van der Waals surface area contributed by atoms with E-state index in [-0.39, 0.29) is 25.2 Å². The number of carbonyl (C=O) groups is 3. The van der Waals surface area contributed by atoms with E-state index in [9.17, 15) is 14.4 Å². The number of amides is 1. The van der Waals surface area contributed by atoms with E-state index in [4.69, 9.17) is 15.2 Å². The van der Waals surface area contributed by atoms with E-state index in [1.54, 1.807) is 0 Å². The lowest BCUT2D eigenvalue weighted by Gasteiger charge is -2.18. The number of fused-ring (bicyclic) bond motifs is 1. The Morgan fingerprint density at radius 1 is 0.941 bits per heavy atom. The Labute approximate surface area is 201 Å². The summed E-state index contributed by atoms with van der Waals surface area (Å²) < 4.78 is 10.6. The highest BCUT2D eigenvalue weighted by atomic mass is 16.5. The molecule has 0 fully saturated rings. The van der Waals surface area contributed by atoms with Gasteiger partial charge in [-0.2, -0.15) is 0 Å². The van der Waals surface area contributed by atoms with E-state index >= 15 is 0 Å². The van der Waals surface area contributed by atoms with Gasteiger partial charge in [-0.05, 0) is 48.6 Å². The van der Waals surface area contributed by atoms with Gasteiger partial charge in [0, 0.05) is 24.1 Å². The van der Waals surface area contributed by atoms with E-state index in [1.807, 2.05) is 44.2 Å². The van der Waals surface area contributed by atoms with Gasteiger partial charge in [0.05, 0.1) is 13.2 Å². The highest BCUT2D eigenvalue weighted by Crippen LogP contribution is 2.16. The van der Waals surface area contributed by atoms with Crippen LogP contribution in [0.25, 0.3) is 10.9 Å². The van der Waals surface area contributed by atoms with Crippen LogP contribution in [0.5, 0.6) is 0 Å². The number of rotatable bonds is 14. The Kier molecular flexibility index (Phi) is 11.1. The average Bonchev–Trinajstić information content (AvgIpc) is 3.18. The second kappa shape index (κ2) is 13.7. The molecule has 1 heterocycles. The van der Waals surface area contributed by atoms with Crippen molar-refractivity contribution in [3.8, 4) is 0 Å². The van der Waals surface area contributed by atoms with E-state index in [2.05, 4.69) is 24.1 Å². The zero-order valence-corrected chi connectivity index (χ0v) is 20.8. The lowest BCUT2D eigenvalue weighted by molar-refractivity contribution is -0.148. The number of ether oxygens (including phenoxy) is 2. The van der Waals surface area contributed by atoms with Crippen molar-refractivity contribution in [2.24, 2.45) is 17.6 Å². The number of H-pyrrole nitrogens is 1. The lowest BCUT2D eigenvalue weighted by atomic mass is 10.1. The van der Waals surface area contributed by atoms with Crippen molar-refractivity contribution in [3.05, 3.63) is 36.0 Å². The third-order valence-electron chi connectivity index (χ3n) is 5.49. The molecule has 8 nitrogen and oxygen atoms in total. The number of benzene rings is 1. The van der Waals surface area contributed by atoms with Crippen molar-refractivity contribution in [2.75, 3.05) is 13.2 Å². The Bertz CT molecular complexity index is 904. The minimum Gasteiger partial charge on any atom is -0.465 e. The molecule has 0 saturated heterocycles. The molecule has 8 heteroatoms. The largest absolute Gasteiger partial charge is 0.465 e. The number of esters is 2. The van der Waals surface area contributed by atoms with Gasteiger partial charge in [0.2, 0.25) is 5.91 Å². The Morgan fingerprint density at radius 3 is 2.18 bits per heavy atom. The van der Waals surface area contributed by atoms with Crippen LogP contribution in [0, 0.1) is 11.8 Å². The number of para-hydroxylation sites is 1. The van der Waals surface area contributed by atoms with Crippen LogP contribution in [0.3, 0.4) is 0 Å². The fraction of sp³-hybridized carbons (Fsp3) is 0.577. The van der Waals surface area contributed by atoms with Crippen LogP contribution < -0.4 is 11.1 Å². The summed E-state index contributed by atoms with van der Waals surface area (Å²) in [5, 5.41) is 3.78. The van der Waals surface area contributed by atoms with Crippen molar-refractivity contribution in [1.29, 1.82) is 0 Å². The molecule has 2 rings (SSSR count). The quantitative estimate of drug-likeness (QED) is 0.361. The summed E-state index contributed by atoms with van der Waals surface area (Å²) >= 11 is 0. The fourth-order valence-electron chi connectivity index (χ4n) is 3.33. The Hall–Kier alpha value is -2.87. The van der Waals surface area contributed by atoms with Crippen molar-refractivity contribution < 1.29 is 23.9 Å². The molecule has 0 radical (unpaired) electrons. The van der Waals surface area contributed by atoms with Gasteiger partial charge < -0.3 is 25.5 Å². The second-order valence-electron chi connectivity index (χ2n) is 9.55. The molecule has 188 valence electrons. The summed E-state index contributed by atoms with van der Waals surface area (Å²) in [7, 11) is 0. The van der Waals surface area contributed by atoms with Crippen LogP contribution in [0.4, 0.5) is 0 Å². The summed E-state index contributed by atoms with van der Waals surface area (Å²) in [6, 6.07) is 8.03. The number of nitrogens with two attached hydrogens (primary N) is 1. The molecule has 0 spiro atoms. The molecular weight excluding hydrogens is 434 g/mol. The van der Waals surface area contributed by atoms with Gasteiger partial charge in [0.15, 0.2) is 0 Å². The average molecular weight is 474 g/mol. The first-order chi connectivity index (χ1) is 16.2. The first-order valence-corrected chi connectivity index (χ1v) is 12.1. The summed E-state index contributed by atoms with van der Waals surface area (Å²) in [5.41, 5.74) is 7.66. The van der Waals surface area contributed by atoms with Crippen molar-refractivity contribution in [3.63, 3.8) is 0 Å². The molecule has 4 N–H and O–H groups in total. The maximum absolute atomic E-state index is 12.7. The molecule has 1 aromatic heterocycles. The maximum atomic E-state index is 12.7. The number of aromatic nitrogens is 1. The number of hydrogen-bond donors (Lipinski definition) is 3. The Balaban J connectivity index is 1.94. The van der Waals surface area contributed by atoms with Crippen LogP contribution in [0.15, 0.2) is 30.3 Å². The van der Waals surface area contributed by atoms with Crippen LogP contribution >= 0.6 is 0 Å². The first kappa shape index (κ1) is 27.4. The van der Waals surface area contributed by atoms with E-state index in [0.717, 1.165) is 29.4 Å². The standard InChI is InChI=1S/C26H39N3O5/c1-17(2)11-13-33-25(31)21(27)9-10-24(30)29-23(26(32)34-14-12-18(3)4)16-20-15-19-7-5-6-8-22(19)28-20/h5-8,15,17-18,21,23,28H,9-14,16,27H2,1-4H3,(H,29,30)/t21-,23-/m1/s1. The highest BCUT2D eigenvalue weighted by Gasteiger charge is 2.25. The molecule has 2 aromatic rings. The van der Waals surface area contributed by atoms with Gasteiger partial charge in [-0.1, -0.05) is 45.9 Å². The van der Waals surface area contributed by atoms with Crippen molar-refractivity contribution in [1.82, 2.24) is 10.3 Å². The van der Waals surface area contributed by atoms with Gasteiger partial charge in [0.25, 0.3) is 0 Å². The summed E-state index contributed by atoms with van der Waals surface area (Å²) in [5.74, 6) is -0.547. The molecule has 0 saturated carbocycles.